The maximum atomic E-state index is 10.5. The zero-order valence-corrected chi connectivity index (χ0v) is 12.0. The van der Waals surface area contributed by atoms with Crippen molar-refractivity contribution in [3.8, 4) is 0 Å². The topological polar surface area (TPSA) is 49.6 Å². The summed E-state index contributed by atoms with van der Waals surface area (Å²) in [6, 6.07) is 6.84. The Kier molecular flexibility index (Phi) is 6.45. The van der Waals surface area contributed by atoms with Gasteiger partial charge in [-0.05, 0) is 12.6 Å². The summed E-state index contributed by atoms with van der Waals surface area (Å²) in [4.78, 5) is 14.9. The van der Waals surface area contributed by atoms with Crippen LogP contribution in [0.4, 0.5) is 5.69 Å². The first-order valence-electron chi connectivity index (χ1n) is 6.79. The van der Waals surface area contributed by atoms with E-state index in [2.05, 4.69) is 16.8 Å². The Bertz CT molecular complexity index is 384. The molecule has 1 aromatic carbocycles. The first kappa shape index (κ1) is 15.6. The maximum absolute atomic E-state index is 10.5. The maximum Gasteiger partial charge on any atom is 0.269 e. The minimum Gasteiger partial charge on any atom is -0.304 e. The van der Waals surface area contributed by atoms with Gasteiger partial charge in [-0.2, -0.15) is 0 Å². The average molecular weight is 265 g/mol. The summed E-state index contributed by atoms with van der Waals surface area (Å²) < 4.78 is 0. The molecule has 1 heterocycles. The molecule has 0 unspecified atom stereocenters. The third kappa shape index (κ3) is 4.96. The summed E-state index contributed by atoms with van der Waals surface area (Å²) >= 11 is 0. The van der Waals surface area contributed by atoms with Crippen molar-refractivity contribution >= 4 is 5.69 Å². The summed E-state index contributed by atoms with van der Waals surface area (Å²) in [5.74, 6) is 0. The van der Waals surface area contributed by atoms with Gasteiger partial charge < -0.3 is 4.90 Å². The third-order valence-electron chi connectivity index (χ3n) is 3.15. The van der Waals surface area contributed by atoms with Crippen molar-refractivity contribution < 1.29 is 4.92 Å². The second kappa shape index (κ2) is 7.86. The van der Waals surface area contributed by atoms with Crippen LogP contribution >= 0.6 is 0 Å². The molecule has 0 spiro atoms. The first-order valence-corrected chi connectivity index (χ1v) is 6.79. The lowest BCUT2D eigenvalue weighted by Crippen LogP contribution is -2.43. The molecule has 0 atom stereocenters. The Balaban J connectivity index is 0.000000861. The Morgan fingerprint density at radius 3 is 2.11 bits per heavy atom. The molecule has 0 bridgehead atoms. The number of rotatable bonds is 3. The molecule has 0 aliphatic carbocycles. The quantitative estimate of drug-likeness (QED) is 0.622. The van der Waals surface area contributed by atoms with Gasteiger partial charge in [0, 0.05) is 44.9 Å². The monoisotopic (exact) mass is 265 g/mol. The minimum absolute atomic E-state index is 0.159. The zero-order chi connectivity index (χ0) is 14.3. The summed E-state index contributed by atoms with van der Waals surface area (Å²) in [7, 11) is 2.13. The fourth-order valence-electron chi connectivity index (χ4n) is 1.99. The molecule has 1 saturated heterocycles. The number of nitro benzene ring substituents is 1. The molecule has 1 aromatic rings. The van der Waals surface area contributed by atoms with Crippen molar-refractivity contribution in [3.63, 3.8) is 0 Å². The Morgan fingerprint density at radius 2 is 1.63 bits per heavy atom. The predicted octanol–water partition coefficient (Wildman–Crippen LogP) is 2.37. The van der Waals surface area contributed by atoms with Gasteiger partial charge in [0.15, 0.2) is 0 Å². The lowest BCUT2D eigenvalue weighted by Gasteiger charge is -2.32. The standard InChI is InChI=1S/C12H17N3O2.C2H6/c1-13-6-8-14(9-7-13)10-11-2-4-12(5-3-11)15(16)17;1-2/h2-5H,6-10H2,1H3;1-2H3. The molecule has 0 amide bonds. The summed E-state index contributed by atoms with van der Waals surface area (Å²) in [6.45, 7) is 9.19. The summed E-state index contributed by atoms with van der Waals surface area (Å²) in [5.41, 5.74) is 1.30. The van der Waals surface area contributed by atoms with E-state index >= 15 is 0 Å². The van der Waals surface area contributed by atoms with Gasteiger partial charge in [-0.25, -0.2) is 0 Å². The highest BCUT2D eigenvalue weighted by Crippen LogP contribution is 2.14. The second-order valence-electron chi connectivity index (χ2n) is 4.50. The number of piperazine rings is 1. The average Bonchev–Trinajstić information content (AvgIpc) is 2.44. The fraction of sp³-hybridized carbons (Fsp3) is 0.571. The van der Waals surface area contributed by atoms with Gasteiger partial charge in [0.1, 0.15) is 0 Å². The van der Waals surface area contributed by atoms with Crippen LogP contribution in [-0.2, 0) is 6.54 Å². The molecule has 0 radical (unpaired) electrons. The van der Waals surface area contributed by atoms with E-state index in [0.29, 0.717) is 0 Å². The molecule has 1 fully saturated rings. The van der Waals surface area contributed by atoms with Crippen molar-refractivity contribution in [1.29, 1.82) is 0 Å². The summed E-state index contributed by atoms with van der Waals surface area (Å²) in [5, 5.41) is 10.5. The third-order valence-corrected chi connectivity index (χ3v) is 3.15. The Morgan fingerprint density at radius 1 is 1.11 bits per heavy atom. The lowest BCUT2D eigenvalue weighted by molar-refractivity contribution is -0.384. The molecule has 0 saturated carbocycles. The van der Waals surface area contributed by atoms with Crippen LogP contribution in [0.5, 0.6) is 0 Å². The molecule has 2 rings (SSSR count). The molecule has 1 aliphatic heterocycles. The number of benzene rings is 1. The smallest absolute Gasteiger partial charge is 0.269 e. The van der Waals surface area contributed by atoms with Crippen molar-refractivity contribution in [2.24, 2.45) is 0 Å². The zero-order valence-electron chi connectivity index (χ0n) is 12.0. The van der Waals surface area contributed by atoms with Crippen LogP contribution in [0.2, 0.25) is 0 Å². The minimum atomic E-state index is -0.361. The van der Waals surface area contributed by atoms with E-state index in [1.54, 1.807) is 12.1 Å². The van der Waals surface area contributed by atoms with Crippen LogP contribution < -0.4 is 0 Å². The Hall–Kier alpha value is -1.46. The summed E-state index contributed by atoms with van der Waals surface area (Å²) in [6.07, 6.45) is 0. The number of nitro groups is 1. The van der Waals surface area contributed by atoms with Gasteiger partial charge in [-0.15, -0.1) is 0 Å². The van der Waals surface area contributed by atoms with Crippen LogP contribution in [0, 0.1) is 10.1 Å². The highest BCUT2D eigenvalue weighted by atomic mass is 16.6. The van der Waals surface area contributed by atoms with Gasteiger partial charge in [0.2, 0.25) is 0 Å². The fourth-order valence-corrected chi connectivity index (χ4v) is 1.99. The highest BCUT2D eigenvalue weighted by molar-refractivity contribution is 5.32. The van der Waals surface area contributed by atoms with Crippen molar-refractivity contribution in [3.05, 3.63) is 39.9 Å². The highest BCUT2D eigenvalue weighted by Gasteiger charge is 2.14. The van der Waals surface area contributed by atoms with Crippen LogP contribution in [0.15, 0.2) is 24.3 Å². The molecule has 1 aliphatic rings. The van der Waals surface area contributed by atoms with Crippen LogP contribution in [0.25, 0.3) is 0 Å². The van der Waals surface area contributed by atoms with Crippen molar-refractivity contribution in [2.75, 3.05) is 33.2 Å². The van der Waals surface area contributed by atoms with Gasteiger partial charge in [0.05, 0.1) is 4.92 Å². The van der Waals surface area contributed by atoms with Gasteiger partial charge in [-0.3, -0.25) is 15.0 Å². The van der Waals surface area contributed by atoms with Gasteiger partial charge in [0.25, 0.3) is 5.69 Å². The number of hydrogen-bond donors (Lipinski definition) is 0. The van der Waals surface area contributed by atoms with E-state index in [1.807, 2.05) is 26.0 Å². The molecule has 0 N–H and O–H groups in total. The number of likely N-dealkylation sites (N-methyl/N-ethyl adjacent to an activating group) is 1. The number of nitrogens with zero attached hydrogens (tertiary/aromatic N) is 3. The Labute approximate surface area is 115 Å². The van der Waals surface area contributed by atoms with Crippen LogP contribution in [0.1, 0.15) is 19.4 Å². The van der Waals surface area contributed by atoms with E-state index in [9.17, 15) is 10.1 Å². The van der Waals surface area contributed by atoms with Gasteiger partial charge in [-0.1, -0.05) is 26.0 Å². The molecular formula is C14H23N3O2. The van der Waals surface area contributed by atoms with Gasteiger partial charge >= 0.3 is 0 Å². The lowest BCUT2D eigenvalue weighted by atomic mass is 10.2. The van der Waals surface area contributed by atoms with E-state index in [0.717, 1.165) is 38.3 Å². The van der Waals surface area contributed by atoms with Crippen molar-refractivity contribution in [2.45, 2.75) is 20.4 Å². The second-order valence-corrected chi connectivity index (χ2v) is 4.50. The van der Waals surface area contributed by atoms with Crippen LogP contribution in [-0.4, -0.2) is 47.9 Å². The molecule has 106 valence electrons. The molecule has 19 heavy (non-hydrogen) atoms. The van der Waals surface area contributed by atoms with E-state index in [1.165, 1.54) is 0 Å². The SMILES string of the molecule is CC.CN1CCN(Cc2ccc([N+](=O)[O-])cc2)CC1. The number of hydrogen-bond acceptors (Lipinski definition) is 4. The molecule has 5 heteroatoms. The molecule has 0 aromatic heterocycles. The first-order chi connectivity index (χ1) is 9.15. The van der Waals surface area contributed by atoms with E-state index in [4.69, 9.17) is 0 Å². The molecule has 5 nitrogen and oxygen atoms in total. The van der Waals surface area contributed by atoms with Crippen LogP contribution in [0.3, 0.4) is 0 Å². The van der Waals surface area contributed by atoms with E-state index in [-0.39, 0.29) is 10.6 Å². The number of non-ortho nitro benzene ring substituents is 1. The predicted molar refractivity (Wildman–Crippen MR) is 77.2 cm³/mol. The van der Waals surface area contributed by atoms with E-state index < -0.39 is 0 Å². The molecular weight excluding hydrogens is 242 g/mol. The van der Waals surface area contributed by atoms with Crippen molar-refractivity contribution in [1.82, 2.24) is 9.80 Å². The largest absolute Gasteiger partial charge is 0.304 e. The normalized spacial score (nSPS) is 16.6.